The van der Waals surface area contributed by atoms with E-state index in [1.807, 2.05) is 0 Å². The van der Waals surface area contributed by atoms with Crippen LogP contribution in [0.2, 0.25) is 0 Å². The number of hydrogen-bond acceptors (Lipinski definition) is 2. The zero-order chi connectivity index (χ0) is 12.2. The lowest BCUT2D eigenvalue weighted by atomic mass is 9.93. The average Bonchev–Trinajstić information content (AvgIpc) is 2.21. The molecular formula is C13H21BrN2. The first-order chi connectivity index (χ1) is 7.43. The van der Waals surface area contributed by atoms with Crippen LogP contribution in [0, 0.1) is 5.41 Å². The quantitative estimate of drug-likeness (QED) is 0.901. The Labute approximate surface area is 107 Å². The number of nitrogens with zero attached hydrogens (tertiary/aromatic N) is 1. The van der Waals surface area contributed by atoms with Gasteiger partial charge in [-0.25, -0.2) is 0 Å². The van der Waals surface area contributed by atoms with Crippen LogP contribution in [-0.4, -0.2) is 25.0 Å². The lowest BCUT2D eigenvalue weighted by Crippen LogP contribution is -2.36. The zero-order valence-corrected chi connectivity index (χ0v) is 11.9. The standard InChI is InChI=1S/C13H21BrN2/c1-13(2,9-15)10-16(3)8-11-4-6-12(14)7-5-11/h4-7H,8-10,15H2,1-3H3. The second-order valence-corrected chi connectivity index (χ2v) is 6.08. The molecule has 0 heterocycles. The highest BCUT2D eigenvalue weighted by Gasteiger charge is 2.17. The smallest absolute Gasteiger partial charge is 0.0230 e. The first-order valence-corrected chi connectivity index (χ1v) is 6.35. The summed E-state index contributed by atoms with van der Waals surface area (Å²) in [5.74, 6) is 0. The third kappa shape index (κ3) is 4.64. The van der Waals surface area contributed by atoms with Gasteiger partial charge in [-0.05, 0) is 36.7 Å². The van der Waals surface area contributed by atoms with Crippen molar-refractivity contribution in [2.24, 2.45) is 11.1 Å². The molecule has 2 nitrogen and oxygen atoms in total. The summed E-state index contributed by atoms with van der Waals surface area (Å²) in [6.07, 6.45) is 0. The number of halogens is 1. The molecule has 0 saturated heterocycles. The van der Waals surface area contributed by atoms with Gasteiger partial charge in [0.2, 0.25) is 0 Å². The molecule has 0 radical (unpaired) electrons. The van der Waals surface area contributed by atoms with E-state index in [9.17, 15) is 0 Å². The van der Waals surface area contributed by atoms with Gasteiger partial charge < -0.3 is 10.6 Å². The van der Waals surface area contributed by atoms with E-state index in [-0.39, 0.29) is 5.41 Å². The van der Waals surface area contributed by atoms with Gasteiger partial charge in [-0.3, -0.25) is 0 Å². The summed E-state index contributed by atoms with van der Waals surface area (Å²) in [6, 6.07) is 8.46. The molecule has 0 saturated carbocycles. The SMILES string of the molecule is CN(Cc1ccc(Br)cc1)CC(C)(C)CN. The summed E-state index contributed by atoms with van der Waals surface area (Å²) in [4.78, 5) is 2.32. The van der Waals surface area contributed by atoms with E-state index in [1.165, 1.54) is 5.56 Å². The minimum absolute atomic E-state index is 0.185. The van der Waals surface area contributed by atoms with Crippen molar-refractivity contribution in [3.05, 3.63) is 34.3 Å². The van der Waals surface area contributed by atoms with Crippen LogP contribution in [0.15, 0.2) is 28.7 Å². The van der Waals surface area contributed by atoms with E-state index in [2.05, 4.69) is 66.0 Å². The van der Waals surface area contributed by atoms with E-state index in [4.69, 9.17) is 5.73 Å². The predicted molar refractivity (Wildman–Crippen MR) is 73.3 cm³/mol. The van der Waals surface area contributed by atoms with Gasteiger partial charge >= 0.3 is 0 Å². The van der Waals surface area contributed by atoms with Gasteiger partial charge in [0.05, 0.1) is 0 Å². The average molecular weight is 285 g/mol. The van der Waals surface area contributed by atoms with Crippen LogP contribution in [0.5, 0.6) is 0 Å². The van der Waals surface area contributed by atoms with Crippen molar-refractivity contribution in [3.63, 3.8) is 0 Å². The molecule has 0 aliphatic heterocycles. The monoisotopic (exact) mass is 284 g/mol. The summed E-state index contributed by atoms with van der Waals surface area (Å²) in [6.45, 7) is 7.10. The van der Waals surface area contributed by atoms with Gasteiger partial charge in [0, 0.05) is 17.6 Å². The van der Waals surface area contributed by atoms with Crippen LogP contribution in [0.25, 0.3) is 0 Å². The molecule has 0 fully saturated rings. The molecule has 16 heavy (non-hydrogen) atoms. The van der Waals surface area contributed by atoms with E-state index in [1.54, 1.807) is 0 Å². The summed E-state index contributed by atoms with van der Waals surface area (Å²) in [5, 5.41) is 0. The van der Waals surface area contributed by atoms with E-state index in [0.29, 0.717) is 0 Å². The van der Waals surface area contributed by atoms with Crippen LogP contribution in [0.1, 0.15) is 19.4 Å². The maximum atomic E-state index is 5.73. The van der Waals surface area contributed by atoms with Gasteiger partial charge in [0.15, 0.2) is 0 Å². The lowest BCUT2D eigenvalue weighted by Gasteiger charge is -2.29. The first-order valence-electron chi connectivity index (χ1n) is 5.56. The Kier molecular flexibility index (Phi) is 4.96. The maximum absolute atomic E-state index is 5.73. The summed E-state index contributed by atoms with van der Waals surface area (Å²) >= 11 is 3.44. The predicted octanol–water partition coefficient (Wildman–Crippen LogP) is 2.87. The van der Waals surface area contributed by atoms with Crippen molar-refractivity contribution in [2.75, 3.05) is 20.1 Å². The maximum Gasteiger partial charge on any atom is 0.0230 e. The fourth-order valence-electron chi connectivity index (χ4n) is 1.75. The Morgan fingerprint density at radius 2 is 1.81 bits per heavy atom. The highest BCUT2D eigenvalue weighted by molar-refractivity contribution is 9.10. The molecule has 0 amide bonds. The van der Waals surface area contributed by atoms with Crippen LogP contribution >= 0.6 is 15.9 Å². The molecule has 0 spiro atoms. The normalized spacial score (nSPS) is 12.1. The van der Waals surface area contributed by atoms with Gasteiger partial charge in [-0.1, -0.05) is 41.9 Å². The third-order valence-corrected chi connectivity index (χ3v) is 3.14. The molecular weight excluding hydrogens is 264 g/mol. The van der Waals surface area contributed by atoms with E-state index in [0.717, 1.165) is 24.1 Å². The van der Waals surface area contributed by atoms with Crippen molar-refractivity contribution in [2.45, 2.75) is 20.4 Å². The molecule has 0 aliphatic carbocycles. The second-order valence-electron chi connectivity index (χ2n) is 5.17. The van der Waals surface area contributed by atoms with Gasteiger partial charge in [-0.15, -0.1) is 0 Å². The van der Waals surface area contributed by atoms with Crippen LogP contribution < -0.4 is 5.73 Å². The van der Waals surface area contributed by atoms with Crippen molar-refractivity contribution >= 4 is 15.9 Å². The summed E-state index contributed by atoms with van der Waals surface area (Å²) in [5.41, 5.74) is 7.25. The number of rotatable bonds is 5. The summed E-state index contributed by atoms with van der Waals surface area (Å²) < 4.78 is 1.13. The number of nitrogens with two attached hydrogens (primary N) is 1. The Hall–Kier alpha value is -0.380. The van der Waals surface area contributed by atoms with Gasteiger partial charge in [0.25, 0.3) is 0 Å². The molecule has 90 valence electrons. The molecule has 0 aliphatic rings. The molecule has 1 aromatic rings. The Bertz CT molecular complexity index is 319. The summed E-state index contributed by atoms with van der Waals surface area (Å²) in [7, 11) is 2.14. The Morgan fingerprint density at radius 1 is 1.25 bits per heavy atom. The minimum Gasteiger partial charge on any atom is -0.330 e. The largest absolute Gasteiger partial charge is 0.330 e. The van der Waals surface area contributed by atoms with Crippen LogP contribution in [-0.2, 0) is 6.54 Å². The van der Waals surface area contributed by atoms with Crippen molar-refractivity contribution in [3.8, 4) is 0 Å². The minimum atomic E-state index is 0.185. The third-order valence-electron chi connectivity index (χ3n) is 2.62. The fourth-order valence-corrected chi connectivity index (χ4v) is 2.02. The highest BCUT2D eigenvalue weighted by atomic mass is 79.9. The van der Waals surface area contributed by atoms with Crippen molar-refractivity contribution in [1.29, 1.82) is 0 Å². The first kappa shape index (κ1) is 13.7. The molecule has 0 atom stereocenters. The van der Waals surface area contributed by atoms with Crippen LogP contribution in [0.4, 0.5) is 0 Å². The fraction of sp³-hybridized carbons (Fsp3) is 0.538. The van der Waals surface area contributed by atoms with Crippen molar-refractivity contribution < 1.29 is 0 Å². The molecule has 0 bridgehead atoms. The van der Waals surface area contributed by atoms with Crippen LogP contribution in [0.3, 0.4) is 0 Å². The zero-order valence-electron chi connectivity index (χ0n) is 10.3. The molecule has 0 unspecified atom stereocenters. The second kappa shape index (κ2) is 5.80. The van der Waals surface area contributed by atoms with Gasteiger partial charge in [-0.2, -0.15) is 0 Å². The number of hydrogen-bond donors (Lipinski definition) is 1. The highest BCUT2D eigenvalue weighted by Crippen LogP contribution is 2.16. The van der Waals surface area contributed by atoms with E-state index >= 15 is 0 Å². The molecule has 0 aromatic heterocycles. The van der Waals surface area contributed by atoms with Crippen molar-refractivity contribution in [1.82, 2.24) is 4.90 Å². The topological polar surface area (TPSA) is 29.3 Å². The molecule has 2 N–H and O–H groups in total. The molecule has 3 heteroatoms. The van der Waals surface area contributed by atoms with E-state index < -0.39 is 0 Å². The Balaban J connectivity index is 2.51. The number of benzene rings is 1. The van der Waals surface area contributed by atoms with Gasteiger partial charge in [0.1, 0.15) is 0 Å². The molecule has 1 aromatic carbocycles. The Morgan fingerprint density at radius 3 is 2.31 bits per heavy atom. The molecule has 1 rings (SSSR count). The lowest BCUT2D eigenvalue weighted by molar-refractivity contribution is 0.210.